The van der Waals surface area contributed by atoms with E-state index in [0.29, 0.717) is 36.6 Å². The standard InChI is InChI=1S/C13H19ClN4O2/c1-3-20-9-11-15-10(14)7-12(16-11)18-6-4-5-17(2)13(19)8-18/h7H,3-6,8-9H2,1-2H3. The third-order valence-electron chi connectivity index (χ3n) is 3.16. The average Bonchev–Trinajstić information content (AvgIpc) is 2.58. The maximum atomic E-state index is 11.9. The minimum Gasteiger partial charge on any atom is -0.374 e. The quantitative estimate of drug-likeness (QED) is 0.785. The smallest absolute Gasteiger partial charge is 0.241 e. The molecule has 0 aliphatic carbocycles. The Labute approximate surface area is 123 Å². The van der Waals surface area contributed by atoms with Crippen molar-refractivity contribution in [2.45, 2.75) is 20.0 Å². The SMILES string of the molecule is CCOCc1nc(Cl)cc(N2CCCN(C)C(=O)C2)n1. The molecule has 1 amide bonds. The molecule has 0 N–H and O–H groups in total. The van der Waals surface area contributed by atoms with Crippen LogP contribution in [0.25, 0.3) is 0 Å². The predicted octanol–water partition coefficient (Wildman–Crippen LogP) is 1.33. The first-order valence-electron chi connectivity index (χ1n) is 6.70. The van der Waals surface area contributed by atoms with Gasteiger partial charge in [0.05, 0.1) is 6.54 Å². The summed E-state index contributed by atoms with van der Waals surface area (Å²) in [5, 5.41) is 0.370. The third kappa shape index (κ3) is 3.80. The van der Waals surface area contributed by atoms with E-state index < -0.39 is 0 Å². The Morgan fingerprint density at radius 3 is 2.95 bits per heavy atom. The van der Waals surface area contributed by atoms with Crippen LogP contribution in [0.4, 0.5) is 5.82 Å². The number of nitrogens with zero attached hydrogens (tertiary/aromatic N) is 4. The van der Waals surface area contributed by atoms with Crippen molar-refractivity contribution in [3.63, 3.8) is 0 Å². The van der Waals surface area contributed by atoms with Gasteiger partial charge in [0, 0.05) is 32.8 Å². The number of hydrogen-bond acceptors (Lipinski definition) is 5. The van der Waals surface area contributed by atoms with Crippen LogP contribution in [0.1, 0.15) is 19.2 Å². The van der Waals surface area contributed by atoms with E-state index in [1.165, 1.54) is 0 Å². The average molecular weight is 299 g/mol. The van der Waals surface area contributed by atoms with Gasteiger partial charge in [0.2, 0.25) is 5.91 Å². The highest BCUT2D eigenvalue weighted by atomic mass is 35.5. The van der Waals surface area contributed by atoms with Crippen LogP contribution in [0.2, 0.25) is 5.15 Å². The molecule has 20 heavy (non-hydrogen) atoms. The van der Waals surface area contributed by atoms with Crippen LogP contribution in [0.5, 0.6) is 0 Å². The Balaban J connectivity index is 2.18. The number of aromatic nitrogens is 2. The van der Waals surface area contributed by atoms with Gasteiger partial charge in [-0.3, -0.25) is 4.79 Å². The highest BCUT2D eigenvalue weighted by Crippen LogP contribution is 2.18. The fraction of sp³-hybridized carbons (Fsp3) is 0.615. The van der Waals surface area contributed by atoms with Gasteiger partial charge in [-0.25, -0.2) is 9.97 Å². The van der Waals surface area contributed by atoms with E-state index in [1.807, 2.05) is 18.9 Å². The monoisotopic (exact) mass is 298 g/mol. The van der Waals surface area contributed by atoms with Crippen LogP contribution >= 0.6 is 11.6 Å². The van der Waals surface area contributed by atoms with Gasteiger partial charge in [0.15, 0.2) is 5.82 Å². The minimum absolute atomic E-state index is 0.0867. The van der Waals surface area contributed by atoms with Crippen molar-refractivity contribution in [1.29, 1.82) is 0 Å². The van der Waals surface area contributed by atoms with E-state index in [4.69, 9.17) is 16.3 Å². The zero-order valence-corrected chi connectivity index (χ0v) is 12.6. The van der Waals surface area contributed by atoms with Crippen molar-refractivity contribution in [3.8, 4) is 0 Å². The molecule has 1 aliphatic heterocycles. The van der Waals surface area contributed by atoms with E-state index in [1.54, 1.807) is 11.0 Å². The maximum Gasteiger partial charge on any atom is 0.241 e. The Hall–Kier alpha value is -1.40. The molecule has 0 aromatic carbocycles. The van der Waals surface area contributed by atoms with Crippen LogP contribution in [0, 0.1) is 0 Å². The molecule has 6 nitrogen and oxygen atoms in total. The minimum atomic E-state index is 0.0867. The molecule has 1 aromatic rings. The fourth-order valence-electron chi connectivity index (χ4n) is 2.05. The molecule has 0 radical (unpaired) electrons. The number of halogens is 1. The van der Waals surface area contributed by atoms with Crippen molar-refractivity contribution < 1.29 is 9.53 Å². The summed E-state index contributed by atoms with van der Waals surface area (Å²) in [4.78, 5) is 24.2. The number of amides is 1. The summed E-state index contributed by atoms with van der Waals surface area (Å²) in [6.45, 7) is 4.69. The highest BCUT2D eigenvalue weighted by Gasteiger charge is 2.20. The number of hydrogen-bond donors (Lipinski definition) is 0. The Morgan fingerprint density at radius 1 is 1.40 bits per heavy atom. The summed E-state index contributed by atoms with van der Waals surface area (Å²) in [7, 11) is 1.82. The lowest BCUT2D eigenvalue weighted by Gasteiger charge is -2.21. The topological polar surface area (TPSA) is 58.6 Å². The number of ether oxygens (including phenoxy) is 1. The lowest BCUT2D eigenvalue weighted by Crippen LogP contribution is -2.34. The normalized spacial score (nSPS) is 16.4. The second kappa shape index (κ2) is 6.85. The molecule has 0 atom stereocenters. The molecular weight excluding hydrogens is 280 g/mol. The van der Waals surface area contributed by atoms with Gasteiger partial charge in [0.1, 0.15) is 17.6 Å². The first kappa shape index (κ1) is 15.0. The molecular formula is C13H19ClN4O2. The fourth-order valence-corrected chi connectivity index (χ4v) is 2.25. The molecule has 1 aromatic heterocycles. The van der Waals surface area contributed by atoms with Crippen LogP contribution in [-0.2, 0) is 16.1 Å². The molecule has 0 unspecified atom stereocenters. The summed E-state index contributed by atoms with van der Waals surface area (Å²) in [6.07, 6.45) is 0.907. The third-order valence-corrected chi connectivity index (χ3v) is 3.35. The largest absolute Gasteiger partial charge is 0.374 e. The van der Waals surface area contributed by atoms with E-state index in [-0.39, 0.29) is 5.91 Å². The molecule has 1 saturated heterocycles. The number of carbonyl (C=O) groups excluding carboxylic acids is 1. The Morgan fingerprint density at radius 2 is 2.20 bits per heavy atom. The van der Waals surface area contributed by atoms with Gasteiger partial charge < -0.3 is 14.5 Å². The van der Waals surface area contributed by atoms with Crippen molar-refractivity contribution in [2.75, 3.05) is 38.2 Å². The van der Waals surface area contributed by atoms with Gasteiger partial charge in [-0.05, 0) is 13.3 Å². The first-order chi connectivity index (χ1) is 9.60. The second-order valence-electron chi connectivity index (χ2n) is 4.69. The van der Waals surface area contributed by atoms with E-state index in [0.717, 1.165) is 19.5 Å². The van der Waals surface area contributed by atoms with E-state index in [9.17, 15) is 4.79 Å². The molecule has 0 saturated carbocycles. The van der Waals surface area contributed by atoms with Gasteiger partial charge in [-0.1, -0.05) is 11.6 Å². The lowest BCUT2D eigenvalue weighted by atomic mass is 10.4. The Kier molecular flexibility index (Phi) is 5.14. The molecule has 1 aliphatic rings. The second-order valence-corrected chi connectivity index (χ2v) is 5.08. The van der Waals surface area contributed by atoms with Crippen molar-refractivity contribution >= 4 is 23.3 Å². The van der Waals surface area contributed by atoms with Crippen LogP contribution in [0.15, 0.2) is 6.07 Å². The zero-order valence-electron chi connectivity index (χ0n) is 11.8. The molecule has 0 spiro atoms. The first-order valence-corrected chi connectivity index (χ1v) is 7.08. The number of anilines is 1. The molecule has 7 heteroatoms. The van der Waals surface area contributed by atoms with Gasteiger partial charge >= 0.3 is 0 Å². The molecule has 1 fully saturated rings. The summed E-state index contributed by atoms with van der Waals surface area (Å²) in [6, 6.07) is 1.69. The molecule has 0 bridgehead atoms. The zero-order chi connectivity index (χ0) is 14.5. The van der Waals surface area contributed by atoms with E-state index in [2.05, 4.69) is 9.97 Å². The van der Waals surface area contributed by atoms with Crippen molar-refractivity contribution in [3.05, 3.63) is 17.0 Å². The number of rotatable bonds is 4. The molecule has 2 heterocycles. The van der Waals surface area contributed by atoms with Gasteiger partial charge in [-0.2, -0.15) is 0 Å². The number of likely N-dealkylation sites (N-methyl/N-ethyl adjacent to an activating group) is 1. The van der Waals surface area contributed by atoms with Crippen LogP contribution in [0.3, 0.4) is 0 Å². The van der Waals surface area contributed by atoms with Crippen molar-refractivity contribution in [1.82, 2.24) is 14.9 Å². The summed E-state index contributed by atoms with van der Waals surface area (Å²) in [5.41, 5.74) is 0. The summed E-state index contributed by atoms with van der Waals surface area (Å²) < 4.78 is 5.30. The van der Waals surface area contributed by atoms with Crippen LogP contribution in [-0.4, -0.2) is 54.1 Å². The molecule has 2 rings (SSSR count). The van der Waals surface area contributed by atoms with Crippen LogP contribution < -0.4 is 4.90 Å². The summed E-state index contributed by atoms with van der Waals surface area (Å²) in [5.74, 6) is 1.31. The van der Waals surface area contributed by atoms with Crippen molar-refractivity contribution in [2.24, 2.45) is 0 Å². The Bertz CT molecular complexity index is 483. The lowest BCUT2D eigenvalue weighted by molar-refractivity contribution is -0.127. The number of carbonyl (C=O) groups is 1. The maximum absolute atomic E-state index is 11.9. The predicted molar refractivity (Wildman–Crippen MR) is 76.8 cm³/mol. The summed E-state index contributed by atoms with van der Waals surface area (Å²) >= 11 is 6.03. The highest BCUT2D eigenvalue weighted by molar-refractivity contribution is 6.29. The van der Waals surface area contributed by atoms with Gasteiger partial charge in [-0.15, -0.1) is 0 Å². The van der Waals surface area contributed by atoms with Gasteiger partial charge in [0.25, 0.3) is 0 Å². The molecule has 110 valence electrons. The van der Waals surface area contributed by atoms with E-state index >= 15 is 0 Å².